The molecular weight excluding hydrogens is 902 g/mol. The van der Waals surface area contributed by atoms with Crippen molar-refractivity contribution in [2.75, 3.05) is 0 Å². The van der Waals surface area contributed by atoms with Crippen LogP contribution in [0.3, 0.4) is 0 Å². The van der Waals surface area contributed by atoms with Crippen LogP contribution in [0.2, 0.25) is 0 Å². The summed E-state index contributed by atoms with van der Waals surface area (Å²) in [6.45, 7) is 0. The van der Waals surface area contributed by atoms with E-state index in [0.717, 1.165) is 64.6 Å². The first-order valence-corrected chi connectivity index (χ1v) is 26.1. The van der Waals surface area contributed by atoms with Gasteiger partial charge in [-0.1, -0.05) is 176 Å². The van der Waals surface area contributed by atoms with E-state index in [-0.39, 0.29) is 0 Å². The average Bonchev–Trinajstić information content (AvgIpc) is 3.67. The molecule has 0 spiro atoms. The van der Waals surface area contributed by atoms with E-state index in [1.165, 1.54) is 0 Å². The quantitative estimate of drug-likeness (QED) is 0.147. The average molecular weight is 939 g/mol. The molecule has 0 atom stereocenters. The van der Waals surface area contributed by atoms with E-state index in [4.69, 9.17) is 25.8 Å². The Balaban J connectivity index is 1.00. The van der Waals surface area contributed by atoms with Crippen LogP contribution >= 0.6 is 23.6 Å². The van der Waals surface area contributed by atoms with Crippen LogP contribution in [0.5, 0.6) is 11.5 Å². The highest BCUT2D eigenvalue weighted by molar-refractivity contribution is 7.85. The predicted molar refractivity (Wildman–Crippen MR) is 281 cm³/mol. The van der Waals surface area contributed by atoms with Gasteiger partial charge in [-0.05, 0) is 91.6 Å². The Morgan fingerprint density at radius 1 is 0.309 bits per heavy atom. The zero-order valence-corrected chi connectivity index (χ0v) is 38.7. The third kappa shape index (κ3) is 6.70. The van der Waals surface area contributed by atoms with Crippen molar-refractivity contribution in [3.63, 3.8) is 0 Å². The molecule has 0 N–H and O–H groups in total. The second-order valence-electron chi connectivity index (χ2n) is 16.5. The first kappa shape index (κ1) is 40.4. The highest BCUT2D eigenvalue weighted by Gasteiger charge is 2.36. The fourth-order valence-corrected chi connectivity index (χ4v) is 14.7. The summed E-state index contributed by atoms with van der Waals surface area (Å²) in [6.07, 6.45) is 0. The summed E-state index contributed by atoms with van der Waals surface area (Å²) in [5.74, 6) is 0.697. The summed E-state index contributed by atoms with van der Waals surface area (Å²) < 4.78 is 57.8. The zero-order chi connectivity index (χ0) is 45.2. The van der Waals surface area contributed by atoms with Gasteiger partial charge in [-0.2, -0.15) is 0 Å². The lowest BCUT2D eigenvalue weighted by molar-refractivity contribution is 0.500. The Hall–Kier alpha value is -7.91. The minimum Gasteiger partial charge on any atom is -0.390 e. The van der Waals surface area contributed by atoms with Crippen molar-refractivity contribution in [3.05, 3.63) is 224 Å². The van der Waals surface area contributed by atoms with E-state index in [1.54, 1.807) is 0 Å². The van der Waals surface area contributed by atoms with Crippen molar-refractivity contribution in [2.45, 2.75) is 0 Å². The molecule has 10 heteroatoms. The van der Waals surface area contributed by atoms with Crippen LogP contribution in [-0.4, -0.2) is 0 Å². The molecule has 0 radical (unpaired) electrons. The maximum Gasteiger partial charge on any atom is 0.453 e. The molecule has 0 aliphatic heterocycles. The molecule has 68 heavy (non-hydrogen) atoms. The summed E-state index contributed by atoms with van der Waals surface area (Å²) in [7, 11) is -8.15. The third-order valence-corrected chi connectivity index (χ3v) is 17.8. The monoisotopic (exact) mass is 938 g/mol. The molecule has 11 aromatic carbocycles. The Labute approximate surface area is 391 Å². The third-order valence-electron chi connectivity index (χ3n) is 12.6. The fraction of sp³-hybridized carbons (Fsp3) is 0. The van der Waals surface area contributed by atoms with Crippen molar-refractivity contribution in [1.29, 1.82) is 0 Å². The SMILES string of the molecule is O=P(c1ccccc1)(c1ccccc1Op1oc2ccc3ccccc3c2c2c(ccc3ccccc32)o1)c1ccccc1Op1oc2ccc3ccccc3c2c2c(ccc3ccccc32)o1. The normalized spacial score (nSPS) is 11.9. The van der Waals surface area contributed by atoms with E-state index >= 15 is 4.57 Å². The second kappa shape index (κ2) is 16.5. The molecule has 2 aromatic heterocycles. The molecule has 13 aromatic rings. The van der Waals surface area contributed by atoms with Crippen molar-refractivity contribution in [3.8, 4) is 11.5 Å². The van der Waals surface area contributed by atoms with Crippen molar-refractivity contribution in [2.24, 2.45) is 0 Å². The Morgan fingerprint density at radius 2 is 0.603 bits per heavy atom. The van der Waals surface area contributed by atoms with Crippen molar-refractivity contribution < 1.29 is 30.4 Å². The van der Waals surface area contributed by atoms with Crippen LogP contribution in [0.4, 0.5) is 0 Å². The minimum absolute atomic E-state index is 0.349. The zero-order valence-electron chi connectivity index (χ0n) is 36.1. The summed E-state index contributed by atoms with van der Waals surface area (Å²) in [5.41, 5.74) is 2.51. The smallest absolute Gasteiger partial charge is 0.390 e. The van der Waals surface area contributed by atoms with Crippen LogP contribution in [0.15, 0.2) is 241 Å². The van der Waals surface area contributed by atoms with E-state index in [1.807, 2.05) is 152 Å². The fourth-order valence-electron chi connectivity index (χ4n) is 9.57. The molecular formula is C58H37O7P3. The van der Waals surface area contributed by atoms with E-state index in [9.17, 15) is 0 Å². The van der Waals surface area contributed by atoms with Gasteiger partial charge in [0.1, 0.15) is 33.8 Å². The molecule has 0 fully saturated rings. The summed E-state index contributed by atoms with van der Waals surface area (Å²) in [6, 6.07) is 73.5. The van der Waals surface area contributed by atoms with Gasteiger partial charge in [-0.25, -0.2) is 0 Å². The van der Waals surface area contributed by atoms with Crippen LogP contribution < -0.4 is 25.0 Å². The predicted octanol–water partition coefficient (Wildman–Crippen LogP) is 16.8. The van der Waals surface area contributed by atoms with E-state index in [2.05, 4.69) is 72.8 Å². The van der Waals surface area contributed by atoms with Crippen LogP contribution in [-0.2, 0) is 4.57 Å². The molecule has 0 aliphatic rings. The van der Waals surface area contributed by atoms with Crippen LogP contribution in [0.25, 0.3) is 87.0 Å². The molecule has 2 heterocycles. The highest BCUT2D eigenvalue weighted by Crippen LogP contribution is 2.51. The van der Waals surface area contributed by atoms with E-state index in [0.29, 0.717) is 49.7 Å². The molecule has 7 nitrogen and oxygen atoms in total. The van der Waals surface area contributed by atoms with Crippen molar-refractivity contribution >= 4 is 127 Å². The van der Waals surface area contributed by atoms with Gasteiger partial charge in [0.2, 0.25) is 0 Å². The standard InChI is InChI=1S/C58H37O7P3/c59-68(42-20-2-1-3-21-42,53-28-14-12-26-47(53)60-66-62-49-34-30-38-16-4-8-22-43(38)55(49)56-44-23-9-5-17-39(44)31-35-50(56)63-66)54-29-15-13-27-48(54)61-67-64-51-36-32-40-18-6-10-24-45(40)57(51)58-46-25-11-7-19-41(46)33-37-52(58)65-67/h1-37H. The van der Waals surface area contributed by atoms with Gasteiger partial charge in [0.25, 0.3) is 0 Å². The maximum atomic E-state index is 16.7. The Bertz CT molecular complexity index is 3830. The van der Waals surface area contributed by atoms with Gasteiger partial charge in [0.15, 0.2) is 7.14 Å². The summed E-state index contributed by atoms with van der Waals surface area (Å²) in [5, 5.41) is 13.6. The Kier molecular flexibility index (Phi) is 9.77. The van der Waals surface area contributed by atoms with Gasteiger partial charge < -0.3 is 30.4 Å². The van der Waals surface area contributed by atoms with E-state index < -0.39 is 23.6 Å². The van der Waals surface area contributed by atoms with Gasteiger partial charge >= 0.3 is 16.5 Å². The topological polar surface area (TPSA) is 88.1 Å². The van der Waals surface area contributed by atoms with Crippen LogP contribution in [0.1, 0.15) is 0 Å². The number of hydrogen-bond donors (Lipinski definition) is 0. The van der Waals surface area contributed by atoms with Gasteiger partial charge in [0, 0.05) is 26.8 Å². The molecule has 0 aliphatic carbocycles. The van der Waals surface area contributed by atoms with Crippen LogP contribution in [0, 0.1) is 0 Å². The number of para-hydroxylation sites is 2. The molecule has 0 unspecified atom stereocenters. The first-order valence-electron chi connectivity index (χ1n) is 22.2. The van der Waals surface area contributed by atoms with Crippen molar-refractivity contribution in [1.82, 2.24) is 0 Å². The summed E-state index contributed by atoms with van der Waals surface area (Å²) >= 11 is 0. The summed E-state index contributed by atoms with van der Waals surface area (Å²) in [4.78, 5) is 0. The maximum absolute atomic E-state index is 16.7. The lowest BCUT2D eigenvalue weighted by atomic mass is 9.99. The Morgan fingerprint density at radius 3 is 0.956 bits per heavy atom. The van der Waals surface area contributed by atoms with Gasteiger partial charge in [-0.3, -0.25) is 0 Å². The second-order valence-corrected chi connectivity index (χ2v) is 21.2. The number of benzene rings is 11. The minimum atomic E-state index is -3.85. The molecule has 326 valence electrons. The lowest BCUT2D eigenvalue weighted by Crippen LogP contribution is -2.26. The molecule has 0 saturated heterocycles. The highest BCUT2D eigenvalue weighted by atomic mass is 31.2. The molecule has 0 bridgehead atoms. The molecule has 0 saturated carbocycles. The lowest BCUT2D eigenvalue weighted by Gasteiger charge is -2.23. The molecule has 13 rings (SSSR count). The largest absolute Gasteiger partial charge is 0.453 e. The molecule has 0 amide bonds. The number of rotatable bonds is 7. The van der Waals surface area contributed by atoms with Gasteiger partial charge in [0.05, 0.1) is 10.6 Å². The number of hydrogen-bond acceptors (Lipinski definition) is 7. The number of fused-ring (bicyclic) bond motifs is 14. The van der Waals surface area contributed by atoms with Gasteiger partial charge in [-0.15, -0.1) is 0 Å². The first-order chi connectivity index (χ1) is 33.6.